The van der Waals surface area contributed by atoms with Gasteiger partial charge in [0.15, 0.2) is 11.5 Å². The molecule has 0 radical (unpaired) electrons. The number of anilines is 1. The number of methoxy groups -OCH3 is 2. The van der Waals surface area contributed by atoms with Crippen LogP contribution in [0.4, 0.5) is 5.82 Å². The van der Waals surface area contributed by atoms with Gasteiger partial charge in [0.05, 0.1) is 20.8 Å². The molecule has 0 aliphatic heterocycles. The Morgan fingerprint density at radius 1 is 0.818 bits per heavy atom. The number of benzene rings is 3. The van der Waals surface area contributed by atoms with Crippen LogP contribution in [0.2, 0.25) is 0 Å². The van der Waals surface area contributed by atoms with Crippen LogP contribution < -0.4 is 19.8 Å². The van der Waals surface area contributed by atoms with Gasteiger partial charge in [-0.25, -0.2) is 4.98 Å². The quantitative estimate of drug-likeness (QED) is 0.403. The Labute approximate surface area is 194 Å². The third kappa shape index (κ3) is 4.97. The normalized spacial score (nSPS) is 10.3. The molecule has 0 spiro atoms. The molecule has 0 saturated heterocycles. The maximum absolute atomic E-state index is 10.0. The van der Waals surface area contributed by atoms with Crippen molar-refractivity contribution in [1.82, 2.24) is 0 Å². The van der Waals surface area contributed by atoms with Gasteiger partial charge in [-0.3, -0.25) is 5.32 Å². The van der Waals surface area contributed by atoms with Crippen LogP contribution in [-0.2, 0) is 6.42 Å². The first-order chi connectivity index (χ1) is 16.2. The lowest BCUT2D eigenvalue weighted by atomic mass is 9.98. The van der Waals surface area contributed by atoms with Gasteiger partial charge in [-0.1, -0.05) is 66.7 Å². The van der Waals surface area contributed by atoms with E-state index in [0.717, 1.165) is 34.4 Å². The topological polar surface area (TPSA) is 68.4 Å². The van der Waals surface area contributed by atoms with E-state index in [4.69, 9.17) is 9.47 Å². The van der Waals surface area contributed by atoms with E-state index in [0.29, 0.717) is 29.4 Å². The van der Waals surface area contributed by atoms with Crippen LogP contribution in [0.5, 0.6) is 11.5 Å². The van der Waals surface area contributed by atoms with Crippen molar-refractivity contribution in [2.45, 2.75) is 6.42 Å². The summed E-state index contributed by atoms with van der Waals surface area (Å²) in [6, 6.07) is 30.5. The zero-order chi connectivity index (χ0) is 23.0. The standard InChI is InChI=1S/C28H25N3O2/c1-32-26-14-13-20(17-27(26)33-2)15-16-30-28-24(19-29)23(21-9-5-3-6-10-21)18-25(31-28)22-11-7-4-8-12-22/h3-14,17-18H,15-16H2,1-2H3,(H,30,31)/p+1. The molecule has 33 heavy (non-hydrogen) atoms. The molecule has 0 aliphatic carbocycles. The Morgan fingerprint density at radius 3 is 2.12 bits per heavy atom. The molecule has 1 aromatic heterocycles. The van der Waals surface area contributed by atoms with Gasteiger partial charge in [0.1, 0.15) is 17.3 Å². The van der Waals surface area contributed by atoms with Crippen molar-refractivity contribution in [3.05, 3.63) is 96.1 Å². The van der Waals surface area contributed by atoms with E-state index < -0.39 is 0 Å². The number of aromatic amines is 1. The molecule has 5 heteroatoms. The highest BCUT2D eigenvalue weighted by molar-refractivity contribution is 5.78. The summed E-state index contributed by atoms with van der Waals surface area (Å²) in [6.07, 6.45) is 0.759. The fraction of sp³-hybridized carbons (Fsp3) is 0.143. The second-order valence-corrected chi connectivity index (χ2v) is 7.56. The SMILES string of the molecule is COc1ccc(CCNc2[nH+]c(-c3ccccc3)cc(-c3ccccc3)c2C#N)cc1OC. The highest BCUT2D eigenvalue weighted by atomic mass is 16.5. The van der Waals surface area contributed by atoms with Gasteiger partial charge in [0.2, 0.25) is 0 Å². The fourth-order valence-electron chi connectivity index (χ4n) is 3.82. The fourth-order valence-corrected chi connectivity index (χ4v) is 3.82. The second kappa shape index (κ2) is 10.3. The van der Waals surface area contributed by atoms with Crippen LogP contribution in [0.25, 0.3) is 22.4 Å². The third-order valence-electron chi connectivity index (χ3n) is 5.51. The molecule has 4 aromatic rings. The van der Waals surface area contributed by atoms with Crippen LogP contribution >= 0.6 is 0 Å². The smallest absolute Gasteiger partial charge is 0.291 e. The van der Waals surface area contributed by atoms with Crippen LogP contribution in [0.3, 0.4) is 0 Å². The zero-order valence-corrected chi connectivity index (χ0v) is 18.8. The molecule has 0 unspecified atom stereocenters. The molecule has 0 saturated carbocycles. The zero-order valence-electron chi connectivity index (χ0n) is 18.8. The molecule has 0 aliphatic rings. The van der Waals surface area contributed by atoms with E-state index in [9.17, 15) is 5.26 Å². The first kappa shape index (κ1) is 21.9. The summed E-state index contributed by atoms with van der Waals surface area (Å²) in [4.78, 5) is 3.44. The van der Waals surface area contributed by atoms with Crippen LogP contribution in [-0.4, -0.2) is 20.8 Å². The summed E-state index contributed by atoms with van der Waals surface area (Å²) in [7, 11) is 3.26. The van der Waals surface area contributed by atoms with E-state index in [1.807, 2.05) is 72.8 Å². The monoisotopic (exact) mass is 436 g/mol. The van der Waals surface area contributed by atoms with Crippen molar-refractivity contribution in [2.75, 3.05) is 26.1 Å². The Morgan fingerprint density at radius 2 is 1.48 bits per heavy atom. The maximum Gasteiger partial charge on any atom is 0.291 e. The molecule has 0 bridgehead atoms. The molecular weight excluding hydrogens is 410 g/mol. The second-order valence-electron chi connectivity index (χ2n) is 7.56. The van der Waals surface area contributed by atoms with Gasteiger partial charge in [-0.05, 0) is 29.3 Å². The lowest BCUT2D eigenvalue weighted by molar-refractivity contribution is -0.347. The first-order valence-corrected chi connectivity index (χ1v) is 10.8. The molecule has 0 atom stereocenters. The molecule has 164 valence electrons. The number of hydrogen-bond acceptors (Lipinski definition) is 4. The summed E-state index contributed by atoms with van der Waals surface area (Å²) in [6.45, 7) is 0.646. The van der Waals surface area contributed by atoms with Crippen molar-refractivity contribution in [1.29, 1.82) is 5.26 Å². The summed E-state index contributed by atoms with van der Waals surface area (Å²) in [5.74, 6) is 2.12. The molecular formula is C28H26N3O2+. The summed E-state index contributed by atoms with van der Waals surface area (Å²) in [5.41, 5.74) is 5.60. The van der Waals surface area contributed by atoms with E-state index >= 15 is 0 Å². The Hall–Kier alpha value is -4.30. The lowest BCUT2D eigenvalue weighted by Crippen LogP contribution is -2.20. The molecule has 4 rings (SSSR count). The highest BCUT2D eigenvalue weighted by Gasteiger charge is 2.19. The van der Waals surface area contributed by atoms with Crippen LogP contribution in [0.15, 0.2) is 84.9 Å². The van der Waals surface area contributed by atoms with Gasteiger partial charge < -0.3 is 9.47 Å². The van der Waals surface area contributed by atoms with Gasteiger partial charge in [0.25, 0.3) is 5.82 Å². The number of pyridine rings is 1. The van der Waals surface area contributed by atoms with Gasteiger partial charge >= 0.3 is 0 Å². The van der Waals surface area contributed by atoms with E-state index in [-0.39, 0.29) is 0 Å². The van der Waals surface area contributed by atoms with Crippen molar-refractivity contribution in [2.24, 2.45) is 0 Å². The Bertz CT molecular complexity index is 1270. The van der Waals surface area contributed by atoms with Crippen molar-refractivity contribution >= 4 is 5.82 Å². The molecule has 0 fully saturated rings. The van der Waals surface area contributed by atoms with Gasteiger partial charge in [0, 0.05) is 17.5 Å². The van der Waals surface area contributed by atoms with E-state index in [1.165, 1.54) is 0 Å². The molecule has 3 aromatic carbocycles. The molecule has 5 nitrogen and oxygen atoms in total. The first-order valence-electron chi connectivity index (χ1n) is 10.8. The number of nitrogens with zero attached hydrogens (tertiary/aromatic N) is 1. The highest BCUT2D eigenvalue weighted by Crippen LogP contribution is 2.30. The Kier molecular flexibility index (Phi) is 6.87. The van der Waals surface area contributed by atoms with E-state index in [2.05, 4.69) is 28.5 Å². The summed E-state index contributed by atoms with van der Waals surface area (Å²) < 4.78 is 10.7. The molecule has 1 heterocycles. The molecule has 0 amide bonds. The van der Waals surface area contributed by atoms with Crippen molar-refractivity contribution < 1.29 is 14.5 Å². The number of ether oxygens (including phenoxy) is 2. The Balaban J connectivity index is 1.66. The number of aromatic nitrogens is 1. The van der Waals surface area contributed by atoms with Gasteiger partial charge in [-0.2, -0.15) is 5.26 Å². The number of hydrogen-bond donors (Lipinski definition) is 1. The average Bonchev–Trinajstić information content (AvgIpc) is 2.89. The predicted molar refractivity (Wildman–Crippen MR) is 130 cm³/mol. The average molecular weight is 437 g/mol. The number of nitrogens with one attached hydrogen (secondary N) is 2. The van der Waals surface area contributed by atoms with Crippen molar-refractivity contribution in [3.63, 3.8) is 0 Å². The summed E-state index contributed by atoms with van der Waals surface area (Å²) >= 11 is 0. The van der Waals surface area contributed by atoms with Crippen LogP contribution in [0, 0.1) is 11.3 Å². The minimum Gasteiger partial charge on any atom is -0.493 e. The van der Waals surface area contributed by atoms with E-state index in [1.54, 1.807) is 14.2 Å². The third-order valence-corrected chi connectivity index (χ3v) is 5.51. The lowest BCUT2D eigenvalue weighted by Gasteiger charge is -2.11. The number of H-pyrrole nitrogens is 1. The largest absolute Gasteiger partial charge is 0.493 e. The molecule has 2 N–H and O–H groups in total. The van der Waals surface area contributed by atoms with Crippen molar-refractivity contribution in [3.8, 4) is 40.0 Å². The number of rotatable bonds is 8. The maximum atomic E-state index is 10.0. The van der Waals surface area contributed by atoms with Crippen LogP contribution in [0.1, 0.15) is 11.1 Å². The minimum absolute atomic E-state index is 0.591. The van der Waals surface area contributed by atoms with Gasteiger partial charge in [-0.15, -0.1) is 0 Å². The number of nitriles is 1. The predicted octanol–water partition coefficient (Wildman–Crippen LogP) is 5.38. The summed E-state index contributed by atoms with van der Waals surface area (Å²) in [5, 5.41) is 13.5. The minimum atomic E-state index is 0.591.